The molecule has 31 heavy (non-hydrogen) atoms. The summed E-state index contributed by atoms with van der Waals surface area (Å²) in [5.41, 5.74) is 1.47. The molecule has 9 heteroatoms. The van der Waals surface area contributed by atoms with E-state index < -0.39 is 11.6 Å². The number of fused-ring (bicyclic) bond motifs is 2. The van der Waals surface area contributed by atoms with Gasteiger partial charge >= 0.3 is 0 Å². The number of para-hydroxylation sites is 1. The Bertz CT molecular complexity index is 1200. The molecule has 0 radical (unpaired) electrons. The van der Waals surface area contributed by atoms with Crippen LogP contribution in [-0.4, -0.2) is 47.0 Å². The summed E-state index contributed by atoms with van der Waals surface area (Å²) in [6.07, 6.45) is 1.69. The van der Waals surface area contributed by atoms with E-state index in [0.29, 0.717) is 28.5 Å². The maximum Gasteiger partial charge on any atom is 0.262 e. The monoisotopic (exact) mass is 464 g/mol. The first-order chi connectivity index (χ1) is 14.5. The molecule has 4 rings (SSSR count). The van der Waals surface area contributed by atoms with Crippen molar-refractivity contribution in [3.8, 4) is 0 Å². The number of anilines is 1. The minimum absolute atomic E-state index is 0. The lowest BCUT2D eigenvalue weighted by Gasteiger charge is -2.24. The first kappa shape index (κ1) is 23.1. The highest BCUT2D eigenvalue weighted by Gasteiger charge is 2.25. The van der Waals surface area contributed by atoms with Gasteiger partial charge in [-0.1, -0.05) is 43.4 Å². The second-order valence-corrected chi connectivity index (χ2v) is 7.97. The molecule has 0 fully saturated rings. The standard InChI is InChI=1S/C22H22F2N4OS.ClH/c1-3-27(4-2)9-10-28(21(29)16-13-25-18-8-6-5-7-15(16)18)22-26-20-17(24)11-14(23)12-19(20)30-22;/h5-8,11-13,25H,3-4,9-10H2,1-2H3;1H. The first-order valence-electron chi connectivity index (χ1n) is 9.87. The number of aromatic nitrogens is 2. The highest BCUT2D eigenvalue weighted by Crippen LogP contribution is 2.32. The molecule has 0 saturated carbocycles. The Morgan fingerprint density at radius 1 is 1.13 bits per heavy atom. The molecule has 0 bridgehead atoms. The Balaban J connectivity index is 0.00000272. The SMILES string of the molecule is CCN(CC)CCN(C(=O)c1c[nH]c2ccccc12)c1nc2c(F)cc(F)cc2s1.Cl. The zero-order valence-corrected chi connectivity index (χ0v) is 18.8. The molecule has 164 valence electrons. The number of nitrogens with one attached hydrogen (secondary N) is 1. The second-order valence-electron chi connectivity index (χ2n) is 6.96. The van der Waals surface area contributed by atoms with Crippen LogP contribution >= 0.6 is 23.7 Å². The van der Waals surface area contributed by atoms with Gasteiger partial charge in [-0.2, -0.15) is 0 Å². The number of halogens is 3. The molecule has 1 amide bonds. The third-order valence-electron chi connectivity index (χ3n) is 5.23. The Labute approximate surface area is 189 Å². The van der Waals surface area contributed by atoms with Crippen LogP contribution in [0.4, 0.5) is 13.9 Å². The summed E-state index contributed by atoms with van der Waals surface area (Å²) in [6, 6.07) is 9.63. The van der Waals surface area contributed by atoms with Gasteiger partial charge in [-0.15, -0.1) is 12.4 Å². The summed E-state index contributed by atoms with van der Waals surface area (Å²) in [6.45, 7) is 6.87. The predicted octanol–water partition coefficient (Wildman–Crippen LogP) is 5.47. The molecule has 4 aromatic rings. The van der Waals surface area contributed by atoms with Crippen LogP contribution < -0.4 is 4.90 Å². The van der Waals surface area contributed by atoms with E-state index in [-0.39, 0.29) is 23.8 Å². The summed E-state index contributed by atoms with van der Waals surface area (Å²) in [5, 5.41) is 1.17. The van der Waals surface area contributed by atoms with Gasteiger partial charge in [0.15, 0.2) is 10.9 Å². The summed E-state index contributed by atoms with van der Waals surface area (Å²) in [5.74, 6) is -1.61. The van der Waals surface area contributed by atoms with Gasteiger partial charge in [0.25, 0.3) is 5.91 Å². The fourth-order valence-corrected chi connectivity index (χ4v) is 4.55. The van der Waals surface area contributed by atoms with Crippen LogP contribution in [0.25, 0.3) is 21.1 Å². The summed E-state index contributed by atoms with van der Waals surface area (Å²) in [4.78, 5) is 24.8. The molecular formula is C22H23ClF2N4OS. The molecule has 0 saturated heterocycles. The number of hydrogen-bond donors (Lipinski definition) is 1. The van der Waals surface area contributed by atoms with Crippen LogP contribution in [0.1, 0.15) is 24.2 Å². The van der Waals surface area contributed by atoms with E-state index in [0.717, 1.165) is 41.4 Å². The molecule has 1 N–H and O–H groups in total. The summed E-state index contributed by atoms with van der Waals surface area (Å²) < 4.78 is 28.3. The van der Waals surface area contributed by atoms with Crippen LogP contribution in [0.5, 0.6) is 0 Å². The van der Waals surface area contributed by atoms with Crippen molar-refractivity contribution in [1.29, 1.82) is 0 Å². The number of amides is 1. The van der Waals surface area contributed by atoms with Crippen molar-refractivity contribution in [2.45, 2.75) is 13.8 Å². The normalized spacial score (nSPS) is 11.3. The van der Waals surface area contributed by atoms with Gasteiger partial charge in [0.05, 0.1) is 10.3 Å². The van der Waals surface area contributed by atoms with Crippen LogP contribution in [-0.2, 0) is 0 Å². The minimum atomic E-state index is -0.726. The van der Waals surface area contributed by atoms with Crippen molar-refractivity contribution in [3.05, 3.63) is 59.8 Å². The number of benzene rings is 2. The molecule has 0 atom stereocenters. The molecule has 5 nitrogen and oxygen atoms in total. The number of hydrogen-bond acceptors (Lipinski definition) is 4. The summed E-state index contributed by atoms with van der Waals surface area (Å²) >= 11 is 1.12. The van der Waals surface area contributed by atoms with Gasteiger partial charge in [-0.25, -0.2) is 13.8 Å². The topological polar surface area (TPSA) is 52.2 Å². The molecule has 0 unspecified atom stereocenters. The molecule has 0 spiro atoms. The zero-order chi connectivity index (χ0) is 21.3. The van der Waals surface area contributed by atoms with Gasteiger partial charge in [0.1, 0.15) is 11.3 Å². The van der Waals surface area contributed by atoms with Crippen LogP contribution in [0.3, 0.4) is 0 Å². The van der Waals surface area contributed by atoms with Gasteiger partial charge in [-0.05, 0) is 25.2 Å². The number of H-pyrrole nitrogens is 1. The number of carbonyl (C=O) groups excluding carboxylic acids is 1. The van der Waals surface area contributed by atoms with Crippen molar-refractivity contribution in [1.82, 2.24) is 14.9 Å². The van der Waals surface area contributed by atoms with Gasteiger partial charge in [0, 0.05) is 36.3 Å². The Kier molecular flexibility index (Phi) is 7.25. The van der Waals surface area contributed by atoms with Crippen molar-refractivity contribution >= 4 is 55.9 Å². The molecule has 2 aromatic heterocycles. The fourth-order valence-electron chi connectivity index (χ4n) is 3.52. The molecule has 0 aliphatic heterocycles. The molecular weight excluding hydrogens is 442 g/mol. The molecule has 0 aliphatic rings. The lowest BCUT2D eigenvalue weighted by atomic mass is 10.1. The minimum Gasteiger partial charge on any atom is -0.360 e. The average Bonchev–Trinajstić information content (AvgIpc) is 3.35. The van der Waals surface area contributed by atoms with E-state index in [9.17, 15) is 13.6 Å². The lowest BCUT2D eigenvalue weighted by Crippen LogP contribution is -2.38. The number of rotatable bonds is 7. The number of carbonyl (C=O) groups is 1. The number of likely N-dealkylation sites (N-methyl/N-ethyl adjacent to an activating group) is 1. The number of aromatic amines is 1. The third kappa shape index (κ3) is 4.56. The average molecular weight is 465 g/mol. The van der Waals surface area contributed by atoms with Gasteiger partial charge in [-0.3, -0.25) is 9.69 Å². The van der Waals surface area contributed by atoms with E-state index in [1.807, 2.05) is 24.3 Å². The van der Waals surface area contributed by atoms with Crippen molar-refractivity contribution in [2.75, 3.05) is 31.1 Å². The third-order valence-corrected chi connectivity index (χ3v) is 6.26. The summed E-state index contributed by atoms with van der Waals surface area (Å²) in [7, 11) is 0. The Morgan fingerprint density at radius 2 is 1.87 bits per heavy atom. The van der Waals surface area contributed by atoms with Crippen molar-refractivity contribution < 1.29 is 13.6 Å². The van der Waals surface area contributed by atoms with E-state index >= 15 is 0 Å². The van der Waals surface area contributed by atoms with Gasteiger partial charge in [0.2, 0.25) is 0 Å². The second kappa shape index (κ2) is 9.72. The quantitative estimate of drug-likeness (QED) is 0.395. The smallest absolute Gasteiger partial charge is 0.262 e. The van der Waals surface area contributed by atoms with Crippen molar-refractivity contribution in [2.24, 2.45) is 0 Å². The number of nitrogens with zero attached hydrogens (tertiary/aromatic N) is 3. The molecule has 0 aliphatic carbocycles. The van der Waals surface area contributed by atoms with Crippen LogP contribution in [0, 0.1) is 11.6 Å². The first-order valence-corrected chi connectivity index (χ1v) is 10.7. The van der Waals surface area contributed by atoms with E-state index in [4.69, 9.17) is 0 Å². The van der Waals surface area contributed by atoms with E-state index in [1.165, 1.54) is 6.07 Å². The fraction of sp³-hybridized carbons (Fsp3) is 0.273. The highest BCUT2D eigenvalue weighted by atomic mass is 35.5. The van der Waals surface area contributed by atoms with Crippen LogP contribution in [0.2, 0.25) is 0 Å². The lowest BCUT2D eigenvalue weighted by molar-refractivity contribution is 0.0985. The maximum atomic E-state index is 14.2. The van der Waals surface area contributed by atoms with E-state index in [2.05, 4.69) is 28.7 Å². The largest absolute Gasteiger partial charge is 0.360 e. The van der Waals surface area contributed by atoms with Gasteiger partial charge < -0.3 is 9.88 Å². The Hall–Kier alpha value is -2.55. The zero-order valence-electron chi connectivity index (χ0n) is 17.2. The maximum absolute atomic E-state index is 14.2. The predicted molar refractivity (Wildman–Crippen MR) is 125 cm³/mol. The van der Waals surface area contributed by atoms with Crippen LogP contribution in [0.15, 0.2) is 42.6 Å². The van der Waals surface area contributed by atoms with E-state index in [1.54, 1.807) is 11.1 Å². The van der Waals surface area contributed by atoms with Crippen molar-refractivity contribution in [3.63, 3.8) is 0 Å². The highest BCUT2D eigenvalue weighted by molar-refractivity contribution is 7.22. The Morgan fingerprint density at radius 3 is 2.61 bits per heavy atom. The molecule has 2 heterocycles. The molecule has 2 aromatic carbocycles. The number of thiazole rings is 1.